The van der Waals surface area contributed by atoms with Crippen molar-refractivity contribution in [2.24, 2.45) is 5.92 Å². The van der Waals surface area contributed by atoms with E-state index in [1.165, 1.54) is 10.4 Å². The van der Waals surface area contributed by atoms with Gasteiger partial charge in [-0.25, -0.2) is 16.8 Å². The van der Waals surface area contributed by atoms with E-state index in [0.29, 0.717) is 37.4 Å². The Balaban J connectivity index is 1.69. The highest BCUT2D eigenvalue weighted by Gasteiger charge is 2.37. The van der Waals surface area contributed by atoms with Crippen LogP contribution in [-0.4, -0.2) is 65.4 Å². The minimum absolute atomic E-state index is 0.0139. The molecule has 2 heterocycles. The Morgan fingerprint density at radius 3 is 2.36 bits per heavy atom. The summed E-state index contributed by atoms with van der Waals surface area (Å²) < 4.78 is 56.2. The maximum Gasteiger partial charge on any atom is 0.244 e. The Morgan fingerprint density at radius 2 is 1.71 bits per heavy atom. The Bertz CT molecular complexity index is 964. The third-order valence-electron chi connectivity index (χ3n) is 6.11. The van der Waals surface area contributed by atoms with Gasteiger partial charge in [0.05, 0.1) is 16.7 Å². The number of likely N-dealkylation sites (N-methyl/N-ethyl adjacent to an activating group) is 1. The van der Waals surface area contributed by atoms with E-state index >= 15 is 0 Å². The van der Waals surface area contributed by atoms with E-state index in [-0.39, 0.29) is 21.9 Å². The first-order valence-electron chi connectivity index (χ1n) is 9.81. The third kappa shape index (κ3) is 3.56. The Hall–Kier alpha value is -1.20. The number of fused-ring (bicyclic) bond motifs is 1. The van der Waals surface area contributed by atoms with Crippen molar-refractivity contribution in [2.75, 3.05) is 38.5 Å². The van der Waals surface area contributed by atoms with Crippen LogP contribution in [0.5, 0.6) is 0 Å². The van der Waals surface area contributed by atoms with Crippen LogP contribution in [0.2, 0.25) is 0 Å². The van der Waals surface area contributed by atoms with Gasteiger partial charge in [0.1, 0.15) is 4.90 Å². The molecule has 1 aromatic rings. The molecule has 0 spiro atoms. The van der Waals surface area contributed by atoms with Crippen LogP contribution in [0.15, 0.2) is 21.9 Å². The quantitative estimate of drug-likeness (QED) is 0.749. The second-order valence-electron chi connectivity index (χ2n) is 8.11. The number of anilines is 1. The number of hydrogen-bond acceptors (Lipinski definition) is 6. The van der Waals surface area contributed by atoms with Gasteiger partial charge in [-0.1, -0.05) is 12.8 Å². The number of benzene rings is 1. The Kier molecular flexibility index (Phi) is 5.20. The fourth-order valence-corrected chi connectivity index (χ4v) is 7.50. The van der Waals surface area contributed by atoms with Gasteiger partial charge in [0.2, 0.25) is 20.0 Å². The lowest BCUT2D eigenvalue weighted by atomic mass is 10.0. The van der Waals surface area contributed by atoms with Gasteiger partial charge in [0.25, 0.3) is 0 Å². The molecular weight excluding hydrogens is 400 g/mol. The minimum Gasteiger partial charge on any atom is -0.368 e. The molecule has 28 heavy (non-hydrogen) atoms. The summed E-state index contributed by atoms with van der Waals surface area (Å²) in [6.45, 7) is 3.86. The summed E-state index contributed by atoms with van der Waals surface area (Å²) in [6.07, 6.45) is 3.87. The maximum absolute atomic E-state index is 13.2. The van der Waals surface area contributed by atoms with Crippen molar-refractivity contribution >= 4 is 25.7 Å². The average Bonchev–Trinajstić information content (AvgIpc) is 3.15. The summed E-state index contributed by atoms with van der Waals surface area (Å²) in [5, 5.41) is 3.29. The summed E-state index contributed by atoms with van der Waals surface area (Å²) in [6, 6.07) is 2.98. The molecule has 156 valence electrons. The van der Waals surface area contributed by atoms with Gasteiger partial charge >= 0.3 is 0 Å². The van der Waals surface area contributed by atoms with Crippen molar-refractivity contribution < 1.29 is 16.8 Å². The first-order chi connectivity index (χ1) is 13.2. The SMILES string of the molecule is Cc1cc2c(cc1S(=O)(=O)N1CCN(C)CC1)S(=O)(=O)NC(C1CCCC1)N2. The summed E-state index contributed by atoms with van der Waals surface area (Å²) >= 11 is 0. The standard InChI is InChI=1S/C18H28N4O4S2/c1-13-11-15-17(27(23,24)20-18(19-15)14-5-3-4-6-14)12-16(13)28(25,26)22-9-7-21(2)8-10-22/h11-12,14,18-20H,3-10H2,1-2H3. The van der Waals surface area contributed by atoms with Crippen LogP contribution in [0.4, 0.5) is 5.69 Å². The van der Waals surface area contributed by atoms with Crippen molar-refractivity contribution in [2.45, 2.75) is 48.6 Å². The lowest BCUT2D eigenvalue weighted by molar-refractivity contribution is 0.222. The number of sulfonamides is 2. The molecule has 0 bridgehead atoms. The fraction of sp³-hybridized carbons (Fsp3) is 0.667. The monoisotopic (exact) mass is 428 g/mol. The van der Waals surface area contributed by atoms with Crippen molar-refractivity contribution in [3.63, 3.8) is 0 Å². The zero-order chi connectivity index (χ0) is 20.1. The first-order valence-corrected chi connectivity index (χ1v) is 12.7. The van der Waals surface area contributed by atoms with Crippen LogP contribution in [0.3, 0.4) is 0 Å². The molecular formula is C18H28N4O4S2. The molecule has 1 saturated heterocycles. The molecule has 1 aliphatic carbocycles. The lowest BCUT2D eigenvalue weighted by Crippen LogP contribution is -2.49. The van der Waals surface area contributed by atoms with Crippen LogP contribution < -0.4 is 10.0 Å². The van der Waals surface area contributed by atoms with Gasteiger partial charge in [-0.05, 0) is 50.4 Å². The number of aryl methyl sites for hydroxylation is 1. The van der Waals surface area contributed by atoms with Crippen molar-refractivity contribution in [1.29, 1.82) is 0 Å². The summed E-state index contributed by atoms with van der Waals surface area (Å²) in [7, 11) is -5.56. The van der Waals surface area contributed by atoms with Crippen LogP contribution in [0.25, 0.3) is 0 Å². The molecule has 3 aliphatic rings. The molecule has 0 amide bonds. The predicted molar refractivity (Wildman–Crippen MR) is 107 cm³/mol. The minimum atomic E-state index is -3.77. The topological polar surface area (TPSA) is 98.8 Å². The molecule has 4 rings (SSSR count). The van der Waals surface area contributed by atoms with Gasteiger partial charge in [-0.3, -0.25) is 0 Å². The van der Waals surface area contributed by atoms with Crippen LogP contribution in [-0.2, 0) is 20.0 Å². The molecule has 2 N–H and O–H groups in total. The summed E-state index contributed by atoms with van der Waals surface area (Å²) in [5.74, 6) is 0.261. The molecule has 1 atom stereocenters. The van der Waals surface area contributed by atoms with Gasteiger partial charge in [-0.2, -0.15) is 9.03 Å². The van der Waals surface area contributed by atoms with E-state index in [4.69, 9.17) is 0 Å². The van der Waals surface area contributed by atoms with Gasteiger partial charge in [-0.15, -0.1) is 0 Å². The van der Waals surface area contributed by atoms with Crippen molar-refractivity contribution in [3.05, 3.63) is 17.7 Å². The largest absolute Gasteiger partial charge is 0.368 e. The molecule has 10 heteroatoms. The molecule has 1 saturated carbocycles. The smallest absolute Gasteiger partial charge is 0.244 e. The van der Waals surface area contributed by atoms with E-state index in [0.717, 1.165) is 25.7 Å². The Morgan fingerprint density at radius 1 is 1.07 bits per heavy atom. The molecule has 1 aromatic carbocycles. The zero-order valence-corrected chi connectivity index (χ0v) is 17.9. The van der Waals surface area contributed by atoms with Crippen LogP contribution >= 0.6 is 0 Å². The molecule has 0 aromatic heterocycles. The first kappa shape index (κ1) is 20.1. The van der Waals surface area contributed by atoms with E-state index in [1.807, 2.05) is 7.05 Å². The average molecular weight is 429 g/mol. The normalized spacial score (nSPS) is 26.7. The van der Waals surface area contributed by atoms with E-state index in [1.54, 1.807) is 13.0 Å². The summed E-state index contributed by atoms with van der Waals surface area (Å²) in [4.78, 5) is 2.16. The zero-order valence-electron chi connectivity index (χ0n) is 16.3. The number of hydrogen-bond donors (Lipinski definition) is 2. The van der Waals surface area contributed by atoms with Crippen molar-refractivity contribution in [1.82, 2.24) is 13.9 Å². The molecule has 1 unspecified atom stereocenters. The van der Waals surface area contributed by atoms with Crippen LogP contribution in [0, 0.1) is 12.8 Å². The number of piperazine rings is 1. The molecule has 8 nitrogen and oxygen atoms in total. The molecule has 2 fully saturated rings. The predicted octanol–water partition coefficient (Wildman–Crippen LogP) is 1.15. The number of nitrogens with zero attached hydrogens (tertiary/aromatic N) is 2. The Labute approximate surface area is 167 Å². The maximum atomic E-state index is 13.2. The third-order valence-corrected chi connectivity index (χ3v) is 9.63. The highest BCUT2D eigenvalue weighted by molar-refractivity contribution is 7.90. The molecule has 0 radical (unpaired) electrons. The second-order valence-corrected chi connectivity index (χ2v) is 11.7. The van der Waals surface area contributed by atoms with Crippen molar-refractivity contribution in [3.8, 4) is 0 Å². The number of nitrogens with one attached hydrogen (secondary N) is 2. The van der Waals surface area contributed by atoms with E-state index in [2.05, 4.69) is 14.9 Å². The highest BCUT2D eigenvalue weighted by Crippen LogP contribution is 2.36. The fourth-order valence-electron chi connectivity index (χ4n) is 4.38. The van der Waals surface area contributed by atoms with E-state index < -0.39 is 20.0 Å². The van der Waals surface area contributed by atoms with E-state index in [9.17, 15) is 16.8 Å². The second kappa shape index (κ2) is 7.24. The van der Waals surface area contributed by atoms with Gasteiger partial charge in [0.15, 0.2) is 0 Å². The molecule has 2 aliphatic heterocycles. The lowest BCUT2D eigenvalue weighted by Gasteiger charge is -2.34. The number of rotatable bonds is 3. The van der Waals surface area contributed by atoms with Gasteiger partial charge in [0, 0.05) is 26.2 Å². The van der Waals surface area contributed by atoms with Gasteiger partial charge < -0.3 is 10.2 Å². The summed E-state index contributed by atoms with van der Waals surface area (Å²) in [5.41, 5.74) is 1.05. The van der Waals surface area contributed by atoms with Crippen LogP contribution in [0.1, 0.15) is 31.2 Å². The highest BCUT2D eigenvalue weighted by atomic mass is 32.2.